The predicted molar refractivity (Wildman–Crippen MR) is 92.8 cm³/mol. The molecule has 0 bridgehead atoms. The summed E-state index contributed by atoms with van der Waals surface area (Å²) < 4.78 is 0. The Morgan fingerprint density at radius 2 is 2.14 bits per heavy atom. The van der Waals surface area contributed by atoms with Crippen molar-refractivity contribution < 1.29 is 4.79 Å². The number of carbonyl (C=O) groups is 1. The first-order chi connectivity index (χ1) is 9.95. The second-order valence-electron chi connectivity index (χ2n) is 7.08. The van der Waals surface area contributed by atoms with Crippen LogP contribution in [0.3, 0.4) is 0 Å². The maximum atomic E-state index is 12.4. The summed E-state index contributed by atoms with van der Waals surface area (Å²) in [7, 11) is 0. The first kappa shape index (κ1) is 19.0. The third-order valence-electron chi connectivity index (χ3n) is 5.24. The molecule has 3 nitrogen and oxygen atoms in total. The topological polar surface area (TPSA) is 56.0 Å². The van der Waals surface area contributed by atoms with Crippen LogP contribution >= 0.6 is 12.4 Å². The first-order valence-electron chi connectivity index (χ1n) is 8.15. The van der Waals surface area contributed by atoms with E-state index in [2.05, 4.69) is 25.8 Å². The van der Waals surface area contributed by atoms with Gasteiger partial charge in [-0.3, -0.25) is 9.78 Å². The summed E-state index contributed by atoms with van der Waals surface area (Å²) >= 11 is 0. The molecule has 2 N–H and O–H groups in total. The number of hydrogen-bond donors (Lipinski definition) is 1. The number of aromatic nitrogens is 1. The lowest BCUT2D eigenvalue weighted by molar-refractivity contribution is -0.137. The molecule has 2 rings (SSSR count). The van der Waals surface area contributed by atoms with Gasteiger partial charge in [-0.1, -0.05) is 33.3 Å². The lowest BCUT2D eigenvalue weighted by atomic mass is 9.57. The Bertz CT molecular complexity index is 477. The largest absolute Gasteiger partial charge is 0.369 e. The average Bonchev–Trinajstić information content (AvgIpc) is 2.45. The summed E-state index contributed by atoms with van der Waals surface area (Å²) in [6.07, 6.45) is 6.73. The van der Waals surface area contributed by atoms with Gasteiger partial charge in [-0.25, -0.2) is 0 Å². The molecular weight excluding hydrogens is 296 g/mol. The first-order valence-corrected chi connectivity index (χ1v) is 8.15. The number of nitrogens with two attached hydrogens (primary N) is 1. The number of aryl methyl sites for hydroxylation is 1. The van der Waals surface area contributed by atoms with Crippen LogP contribution in [0.15, 0.2) is 24.4 Å². The summed E-state index contributed by atoms with van der Waals surface area (Å²) in [5.74, 6) is 1.36. The van der Waals surface area contributed by atoms with Crippen LogP contribution in [0.1, 0.15) is 52.1 Å². The van der Waals surface area contributed by atoms with Gasteiger partial charge < -0.3 is 5.73 Å². The maximum absolute atomic E-state index is 12.4. The van der Waals surface area contributed by atoms with E-state index in [1.54, 1.807) is 0 Å². The van der Waals surface area contributed by atoms with Gasteiger partial charge in [0, 0.05) is 11.9 Å². The number of hydrogen-bond acceptors (Lipinski definition) is 2. The smallest absolute Gasteiger partial charge is 0.223 e. The molecule has 1 heterocycles. The molecule has 0 saturated heterocycles. The Morgan fingerprint density at radius 1 is 1.41 bits per heavy atom. The molecule has 0 aromatic carbocycles. The third-order valence-corrected chi connectivity index (χ3v) is 5.24. The van der Waals surface area contributed by atoms with Gasteiger partial charge in [0.15, 0.2) is 0 Å². The van der Waals surface area contributed by atoms with Crippen LogP contribution in [-0.4, -0.2) is 10.9 Å². The molecule has 1 aromatic heterocycles. The molecule has 1 amide bonds. The fourth-order valence-electron chi connectivity index (χ4n) is 4.18. The third kappa shape index (κ3) is 4.01. The van der Waals surface area contributed by atoms with E-state index >= 15 is 0 Å². The second-order valence-corrected chi connectivity index (χ2v) is 7.08. The summed E-state index contributed by atoms with van der Waals surface area (Å²) in [4.78, 5) is 16.8. The SMILES string of the molecule is CC1CCC(C(C)C)C(CCc2ccccn2)(C(N)=O)C1.Cl. The van der Waals surface area contributed by atoms with Gasteiger partial charge >= 0.3 is 0 Å². The van der Waals surface area contributed by atoms with Gasteiger partial charge in [0.05, 0.1) is 5.41 Å². The lowest BCUT2D eigenvalue weighted by Gasteiger charge is -2.46. The molecule has 1 aliphatic carbocycles. The zero-order valence-corrected chi connectivity index (χ0v) is 14.7. The van der Waals surface area contributed by atoms with Crippen molar-refractivity contribution in [2.24, 2.45) is 28.9 Å². The van der Waals surface area contributed by atoms with Crippen molar-refractivity contribution in [1.82, 2.24) is 4.98 Å². The zero-order chi connectivity index (χ0) is 15.5. The summed E-state index contributed by atoms with van der Waals surface area (Å²) in [6.45, 7) is 6.69. The van der Waals surface area contributed by atoms with E-state index in [1.807, 2.05) is 24.4 Å². The highest BCUT2D eigenvalue weighted by Crippen LogP contribution is 2.49. The van der Waals surface area contributed by atoms with Crippen LogP contribution in [0, 0.1) is 23.2 Å². The van der Waals surface area contributed by atoms with Crippen molar-refractivity contribution in [1.29, 1.82) is 0 Å². The predicted octanol–water partition coefficient (Wildman–Crippen LogP) is 4.00. The minimum absolute atomic E-state index is 0. The molecule has 0 radical (unpaired) electrons. The average molecular weight is 325 g/mol. The Morgan fingerprint density at radius 3 is 2.68 bits per heavy atom. The number of pyridine rings is 1. The molecular formula is C18H29ClN2O. The van der Waals surface area contributed by atoms with E-state index in [9.17, 15) is 4.79 Å². The van der Waals surface area contributed by atoms with E-state index in [-0.39, 0.29) is 23.7 Å². The highest BCUT2D eigenvalue weighted by Gasteiger charge is 2.48. The molecule has 3 atom stereocenters. The van der Waals surface area contributed by atoms with Crippen molar-refractivity contribution in [3.8, 4) is 0 Å². The van der Waals surface area contributed by atoms with Crippen LogP contribution in [-0.2, 0) is 11.2 Å². The fourth-order valence-corrected chi connectivity index (χ4v) is 4.18. The van der Waals surface area contributed by atoms with Gasteiger partial charge in [0.1, 0.15) is 0 Å². The normalized spacial score (nSPS) is 28.2. The van der Waals surface area contributed by atoms with E-state index in [0.29, 0.717) is 17.8 Å². The summed E-state index contributed by atoms with van der Waals surface area (Å²) in [6, 6.07) is 5.96. The Kier molecular flexibility index (Phi) is 6.86. The molecule has 0 aliphatic heterocycles. The van der Waals surface area contributed by atoms with Crippen molar-refractivity contribution in [3.63, 3.8) is 0 Å². The number of carbonyl (C=O) groups excluding carboxylic acids is 1. The molecule has 124 valence electrons. The zero-order valence-electron chi connectivity index (χ0n) is 13.9. The quantitative estimate of drug-likeness (QED) is 0.890. The van der Waals surface area contributed by atoms with Crippen LogP contribution in [0.25, 0.3) is 0 Å². The summed E-state index contributed by atoms with van der Waals surface area (Å²) in [5, 5.41) is 0. The number of rotatable bonds is 5. The van der Waals surface area contributed by atoms with E-state index in [0.717, 1.165) is 31.4 Å². The number of amides is 1. The number of primary amides is 1. The number of halogens is 1. The fraction of sp³-hybridized carbons (Fsp3) is 0.667. The van der Waals surface area contributed by atoms with Crippen molar-refractivity contribution in [3.05, 3.63) is 30.1 Å². The molecule has 22 heavy (non-hydrogen) atoms. The second kappa shape index (κ2) is 7.96. The van der Waals surface area contributed by atoms with Crippen molar-refractivity contribution in [2.45, 2.75) is 52.9 Å². The standard InChI is InChI=1S/C18H28N2O.ClH/c1-13(2)16-8-7-14(3)12-18(16,17(19)21)10-9-15-6-4-5-11-20-15;/h4-6,11,13-14,16H,7-10,12H2,1-3H3,(H2,19,21);1H. The van der Waals surface area contributed by atoms with E-state index in [4.69, 9.17) is 5.73 Å². The van der Waals surface area contributed by atoms with E-state index in [1.165, 1.54) is 6.42 Å². The minimum atomic E-state index is -0.358. The van der Waals surface area contributed by atoms with Gasteiger partial charge in [0.2, 0.25) is 5.91 Å². The highest BCUT2D eigenvalue weighted by molar-refractivity contribution is 5.85. The Labute approximate surface area is 140 Å². The van der Waals surface area contributed by atoms with E-state index < -0.39 is 0 Å². The monoisotopic (exact) mass is 324 g/mol. The van der Waals surface area contributed by atoms with Crippen molar-refractivity contribution in [2.75, 3.05) is 0 Å². The van der Waals surface area contributed by atoms with Crippen LogP contribution in [0.4, 0.5) is 0 Å². The summed E-state index contributed by atoms with van der Waals surface area (Å²) in [5.41, 5.74) is 6.59. The van der Waals surface area contributed by atoms with Gasteiger partial charge in [-0.05, 0) is 55.6 Å². The highest BCUT2D eigenvalue weighted by atomic mass is 35.5. The molecule has 3 unspecified atom stereocenters. The molecule has 4 heteroatoms. The van der Waals surface area contributed by atoms with Gasteiger partial charge in [-0.15, -0.1) is 12.4 Å². The maximum Gasteiger partial charge on any atom is 0.223 e. The molecule has 0 spiro atoms. The van der Waals surface area contributed by atoms with Crippen LogP contribution in [0.2, 0.25) is 0 Å². The molecule has 1 saturated carbocycles. The van der Waals surface area contributed by atoms with Gasteiger partial charge in [0.25, 0.3) is 0 Å². The van der Waals surface area contributed by atoms with Gasteiger partial charge in [-0.2, -0.15) is 0 Å². The Hall–Kier alpha value is -1.09. The lowest BCUT2D eigenvalue weighted by Crippen LogP contribution is -2.49. The molecule has 1 aliphatic rings. The molecule has 1 fully saturated rings. The van der Waals surface area contributed by atoms with Crippen LogP contribution < -0.4 is 5.73 Å². The Balaban J connectivity index is 0.00000242. The van der Waals surface area contributed by atoms with Crippen LogP contribution in [0.5, 0.6) is 0 Å². The minimum Gasteiger partial charge on any atom is -0.369 e. The number of nitrogens with zero attached hydrogens (tertiary/aromatic N) is 1. The van der Waals surface area contributed by atoms with Crippen molar-refractivity contribution >= 4 is 18.3 Å². The molecule has 1 aromatic rings.